The largest absolute Gasteiger partial charge is 0.307 e. The molecule has 0 aromatic heterocycles. The van der Waals surface area contributed by atoms with Gasteiger partial charge in [-0.1, -0.05) is 31.5 Å². The van der Waals surface area contributed by atoms with Gasteiger partial charge in [0.1, 0.15) is 0 Å². The van der Waals surface area contributed by atoms with Crippen molar-refractivity contribution in [3.63, 3.8) is 0 Å². The quantitative estimate of drug-likeness (QED) is 0.689. The minimum Gasteiger partial charge on any atom is -0.307 e. The molecule has 4 rings (SSSR count). The summed E-state index contributed by atoms with van der Waals surface area (Å²) in [5.41, 5.74) is 2.00. The average Bonchev–Trinajstić information content (AvgIpc) is 2.92. The van der Waals surface area contributed by atoms with E-state index in [1.807, 2.05) is 24.3 Å². The molecule has 0 N–H and O–H groups in total. The molecule has 1 atom stereocenters. The highest BCUT2D eigenvalue weighted by molar-refractivity contribution is 8.00. The SMILES string of the molecule is Cc1ccc(C(=O)N2CCC(C)Sc3ccccc32)cc1S(=O)(=O)N1CCCCC1. The summed E-state index contributed by atoms with van der Waals surface area (Å²) < 4.78 is 28.1. The number of thioether (sulfide) groups is 1. The lowest BCUT2D eigenvalue weighted by Gasteiger charge is -2.27. The normalized spacial score (nSPS) is 20.5. The van der Waals surface area contributed by atoms with Crippen molar-refractivity contribution in [3.8, 4) is 0 Å². The molecule has 1 unspecified atom stereocenters. The first-order valence-electron chi connectivity index (χ1n) is 10.6. The average molecular weight is 445 g/mol. The zero-order valence-corrected chi connectivity index (χ0v) is 19.1. The molecule has 0 saturated carbocycles. The minimum absolute atomic E-state index is 0.146. The molecule has 2 aliphatic heterocycles. The van der Waals surface area contributed by atoms with Crippen molar-refractivity contribution < 1.29 is 13.2 Å². The smallest absolute Gasteiger partial charge is 0.258 e. The Balaban J connectivity index is 1.70. The van der Waals surface area contributed by atoms with Gasteiger partial charge in [-0.2, -0.15) is 4.31 Å². The second-order valence-electron chi connectivity index (χ2n) is 8.09. The summed E-state index contributed by atoms with van der Waals surface area (Å²) in [6, 6.07) is 13.0. The molecule has 0 bridgehead atoms. The highest BCUT2D eigenvalue weighted by Crippen LogP contribution is 2.38. The maximum Gasteiger partial charge on any atom is 0.258 e. The fraction of sp³-hybridized carbons (Fsp3) is 0.435. The van der Waals surface area contributed by atoms with E-state index in [2.05, 4.69) is 6.92 Å². The van der Waals surface area contributed by atoms with Gasteiger partial charge in [0.25, 0.3) is 5.91 Å². The molecule has 2 aromatic rings. The molecule has 5 nitrogen and oxygen atoms in total. The maximum atomic E-state index is 13.5. The number of rotatable bonds is 3. The van der Waals surface area contributed by atoms with Crippen LogP contribution < -0.4 is 4.90 Å². The third kappa shape index (κ3) is 4.15. The van der Waals surface area contributed by atoms with E-state index in [9.17, 15) is 13.2 Å². The second kappa shape index (κ2) is 8.73. The number of piperidine rings is 1. The Morgan fingerprint density at radius 3 is 2.53 bits per heavy atom. The highest BCUT2D eigenvalue weighted by Gasteiger charge is 2.30. The van der Waals surface area contributed by atoms with Crippen molar-refractivity contribution in [2.24, 2.45) is 0 Å². The third-order valence-corrected chi connectivity index (χ3v) is 9.13. The van der Waals surface area contributed by atoms with Gasteiger partial charge in [0.2, 0.25) is 10.0 Å². The Kier molecular flexibility index (Phi) is 6.23. The number of benzene rings is 2. The zero-order valence-electron chi connectivity index (χ0n) is 17.5. The van der Waals surface area contributed by atoms with Gasteiger partial charge < -0.3 is 4.90 Å². The van der Waals surface area contributed by atoms with Crippen molar-refractivity contribution in [2.45, 2.75) is 54.6 Å². The van der Waals surface area contributed by atoms with Crippen LogP contribution in [-0.4, -0.2) is 43.5 Å². The zero-order chi connectivity index (χ0) is 21.3. The van der Waals surface area contributed by atoms with Crippen molar-refractivity contribution >= 4 is 33.4 Å². The monoisotopic (exact) mass is 444 g/mol. The van der Waals surface area contributed by atoms with Gasteiger partial charge in [0.05, 0.1) is 10.6 Å². The number of aryl methyl sites for hydroxylation is 1. The molecule has 2 heterocycles. The van der Waals surface area contributed by atoms with E-state index >= 15 is 0 Å². The first kappa shape index (κ1) is 21.4. The summed E-state index contributed by atoms with van der Waals surface area (Å²) in [7, 11) is -3.60. The van der Waals surface area contributed by atoms with E-state index in [0.29, 0.717) is 36.0 Å². The number of fused-ring (bicyclic) bond motifs is 1. The van der Waals surface area contributed by atoms with E-state index in [4.69, 9.17) is 0 Å². The first-order valence-corrected chi connectivity index (χ1v) is 12.9. The summed E-state index contributed by atoms with van der Waals surface area (Å²) in [4.78, 5) is 16.6. The Hall–Kier alpha value is -1.83. The van der Waals surface area contributed by atoms with Crippen molar-refractivity contribution in [3.05, 3.63) is 53.6 Å². The number of amides is 1. The van der Waals surface area contributed by atoms with Gasteiger partial charge in [0, 0.05) is 35.3 Å². The van der Waals surface area contributed by atoms with Gasteiger partial charge in [-0.15, -0.1) is 11.8 Å². The van der Waals surface area contributed by atoms with Crippen LogP contribution in [0.4, 0.5) is 5.69 Å². The van der Waals surface area contributed by atoms with Crippen LogP contribution >= 0.6 is 11.8 Å². The number of anilines is 1. The molecular weight excluding hydrogens is 416 g/mol. The summed E-state index contributed by atoms with van der Waals surface area (Å²) in [6.45, 7) is 5.68. The number of sulfonamides is 1. The van der Waals surface area contributed by atoms with E-state index < -0.39 is 10.0 Å². The van der Waals surface area contributed by atoms with Crippen LogP contribution in [0.3, 0.4) is 0 Å². The standard InChI is InChI=1S/C23H28N2O3S2/c1-17-10-11-19(16-22(17)30(27,28)24-13-6-3-7-14-24)23(26)25-15-12-18(2)29-21-9-5-4-8-20(21)25/h4-5,8-11,16,18H,3,6-7,12-15H2,1-2H3. The number of nitrogens with zero attached hydrogens (tertiary/aromatic N) is 2. The fourth-order valence-corrected chi connectivity index (χ4v) is 6.99. The second-order valence-corrected chi connectivity index (χ2v) is 11.5. The van der Waals surface area contributed by atoms with E-state index in [0.717, 1.165) is 36.3 Å². The Labute approximate surface area is 183 Å². The van der Waals surface area contributed by atoms with E-state index in [1.165, 1.54) is 0 Å². The molecule has 0 radical (unpaired) electrons. The van der Waals surface area contributed by atoms with Crippen LogP contribution in [0.25, 0.3) is 0 Å². The van der Waals surface area contributed by atoms with Gasteiger partial charge in [-0.25, -0.2) is 8.42 Å². The predicted octanol–water partition coefficient (Wildman–Crippen LogP) is 4.70. The summed E-state index contributed by atoms with van der Waals surface area (Å²) >= 11 is 1.78. The van der Waals surface area contributed by atoms with Gasteiger partial charge in [-0.05, 0) is 56.0 Å². The molecule has 0 spiro atoms. The Bertz CT molecular complexity index is 1050. The topological polar surface area (TPSA) is 57.7 Å². The number of hydrogen-bond donors (Lipinski definition) is 0. The summed E-state index contributed by atoms with van der Waals surface area (Å²) in [6.07, 6.45) is 3.72. The molecular formula is C23H28N2O3S2. The lowest BCUT2D eigenvalue weighted by atomic mass is 10.1. The molecule has 7 heteroatoms. The number of hydrogen-bond acceptors (Lipinski definition) is 4. The lowest BCUT2D eigenvalue weighted by Crippen LogP contribution is -2.36. The van der Waals surface area contributed by atoms with Crippen LogP contribution in [-0.2, 0) is 10.0 Å². The van der Waals surface area contributed by atoms with Crippen LogP contribution in [0.1, 0.15) is 48.5 Å². The van der Waals surface area contributed by atoms with E-state index in [-0.39, 0.29) is 10.8 Å². The van der Waals surface area contributed by atoms with E-state index in [1.54, 1.807) is 46.1 Å². The number of carbonyl (C=O) groups excluding carboxylic acids is 1. The van der Waals surface area contributed by atoms with Gasteiger partial charge in [0.15, 0.2) is 0 Å². The first-order chi connectivity index (χ1) is 14.4. The van der Waals surface area contributed by atoms with Crippen LogP contribution in [0.2, 0.25) is 0 Å². The molecule has 160 valence electrons. The highest BCUT2D eigenvalue weighted by atomic mass is 32.2. The number of carbonyl (C=O) groups is 1. The van der Waals surface area contributed by atoms with Crippen LogP contribution in [0, 0.1) is 6.92 Å². The summed E-state index contributed by atoms with van der Waals surface area (Å²) in [5.74, 6) is -0.146. The Morgan fingerprint density at radius 2 is 1.77 bits per heavy atom. The van der Waals surface area contributed by atoms with Gasteiger partial charge >= 0.3 is 0 Å². The van der Waals surface area contributed by atoms with Gasteiger partial charge in [-0.3, -0.25) is 4.79 Å². The maximum absolute atomic E-state index is 13.5. The van der Waals surface area contributed by atoms with Crippen molar-refractivity contribution in [2.75, 3.05) is 24.5 Å². The van der Waals surface area contributed by atoms with Crippen molar-refractivity contribution in [1.29, 1.82) is 0 Å². The molecule has 1 saturated heterocycles. The fourth-order valence-electron chi connectivity index (χ4n) is 4.11. The molecule has 1 fully saturated rings. The van der Waals surface area contributed by atoms with Crippen molar-refractivity contribution in [1.82, 2.24) is 4.31 Å². The number of para-hydroxylation sites is 1. The predicted molar refractivity (Wildman–Crippen MR) is 122 cm³/mol. The molecule has 30 heavy (non-hydrogen) atoms. The minimum atomic E-state index is -3.60. The molecule has 2 aromatic carbocycles. The molecule has 2 aliphatic rings. The van der Waals surface area contributed by atoms with Crippen LogP contribution in [0.5, 0.6) is 0 Å². The summed E-state index contributed by atoms with van der Waals surface area (Å²) in [5, 5.41) is 0.414. The molecule has 1 amide bonds. The Morgan fingerprint density at radius 1 is 1.03 bits per heavy atom. The third-order valence-electron chi connectivity index (χ3n) is 5.86. The molecule has 0 aliphatic carbocycles. The van der Waals surface area contributed by atoms with Crippen LogP contribution in [0.15, 0.2) is 52.3 Å². The lowest BCUT2D eigenvalue weighted by molar-refractivity contribution is 0.0986.